The Labute approximate surface area is 97.4 Å². The van der Waals surface area contributed by atoms with Crippen LogP contribution in [0.4, 0.5) is 0 Å². The molecule has 1 rings (SSSR count). The summed E-state index contributed by atoms with van der Waals surface area (Å²) in [5.74, 6) is 0.733. The van der Waals surface area contributed by atoms with Gasteiger partial charge < -0.3 is 14.8 Å². The molecule has 0 bridgehead atoms. The van der Waals surface area contributed by atoms with Crippen molar-refractivity contribution in [3.05, 3.63) is 0 Å². The molecule has 0 atom stereocenters. The normalized spacial score (nSPS) is 17.3. The third-order valence-corrected chi connectivity index (χ3v) is 4.30. The van der Waals surface area contributed by atoms with Gasteiger partial charge in [0.05, 0.1) is 18.1 Å². The Morgan fingerprint density at radius 3 is 2.56 bits per heavy atom. The van der Waals surface area contributed by atoms with Gasteiger partial charge in [-0.3, -0.25) is 0 Å². The number of hydrogen-bond donors (Lipinski definition) is 1. The first-order valence-electron chi connectivity index (χ1n) is 5.62. The SMILES string of the molecule is COCCCOCCS(=O)(=O)CC1CNC1. The molecule has 0 aromatic rings. The highest BCUT2D eigenvalue weighted by molar-refractivity contribution is 7.91. The lowest BCUT2D eigenvalue weighted by Crippen LogP contribution is -2.46. The fourth-order valence-corrected chi connectivity index (χ4v) is 2.99. The zero-order valence-electron chi connectivity index (χ0n) is 9.78. The molecule has 96 valence electrons. The van der Waals surface area contributed by atoms with Crippen molar-refractivity contribution in [2.24, 2.45) is 5.92 Å². The zero-order valence-corrected chi connectivity index (χ0v) is 10.6. The van der Waals surface area contributed by atoms with Crippen molar-refractivity contribution in [3.8, 4) is 0 Å². The number of ether oxygens (including phenoxy) is 2. The molecule has 16 heavy (non-hydrogen) atoms. The molecular formula is C10H21NO4S. The molecule has 0 aromatic carbocycles. The topological polar surface area (TPSA) is 64.6 Å². The van der Waals surface area contributed by atoms with Gasteiger partial charge in [-0.25, -0.2) is 8.42 Å². The van der Waals surface area contributed by atoms with Crippen LogP contribution in [0, 0.1) is 5.92 Å². The summed E-state index contributed by atoms with van der Waals surface area (Å²) in [5.41, 5.74) is 0. The second kappa shape index (κ2) is 7.21. The highest BCUT2D eigenvalue weighted by atomic mass is 32.2. The van der Waals surface area contributed by atoms with Crippen LogP contribution in [-0.4, -0.2) is 59.9 Å². The van der Waals surface area contributed by atoms with E-state index in [1.165, 1.54) is 0 Å². The van der Waals surface area contributed by atoms with Crippen LogP contribution in [0.15, 0.2) is 0 Å². The standard InChI is InChI=1S/C10H21NO4S/c1-14-3-2-4-15-5-6-16(12,13)9-10-7-11-8-10/h10-11H,2-9H2,1H3. The highest BCUT2D eigenvalue weighted by Crippen LogP contribution is 2.07. The van der Waals surface area contributed by atoms with E-state index < -0.39 is 9.84 Å². The average Bonchev–Trinajstić information content (AvgIpc) is 2.18. The molecule has 1 aliphatic rings. The van der Waals surface area contributed by atoms with Crippen molar-refractivity contribution < 1.29 is 17.9 Å². The monoisotopic (exact) mass is 251 g/mol. The summed E-state index contributed by atoms with van der Waals surface area (Å²) in [7, 11) is -1.29. The molecule has 1 saturated heterocycles. The molecule has 0 radical (unpaired) electrons. The number of hydrogen-bond acceptors (Lipinski definition) is 5. The van der Waals surface area contributed by atoms with Gasteiger partial charge in [0.25, 0.3) is 0 Å². The quantitative estimate of drug-likeness (QED) is 0.569. The maximum atomic E-state index is 11.6. The van der Waals surface area contributed by atoms with Gasteiger partial charge in [0.2, 0.25) is 0 Å². The highest BCUT2D eigenvalue weighted by Gasteiger charge is 2.23. The maximum absolute atomic E-state index is 11.6. The predicted molar refractivity (Wildman–Crippen MR) is 62.3 cm³/mol. The third kappa shape index (κ3) is 5.79. The van der Waals surface area contributed by atoms with Crippen molar-refractivity contribution in [3.63, 3.8) is 0 Å². The average molecular weight is 251 g/mol. The summed E-state index contributed by atoms with van der Waals surface area (Å²) in [4.78, 5) is 0. The minimum Gasteiger partial charge on any atom is -0.385 e. The molecule has 0 spiro atoms. The molecule has 1 fully saturated rings. The van der Waals surface area contributed by atoms with Gasteiger partial charge in [0, 0.05) is 33.4 Å². The van der Waals surface area contributed by atoms with Gasteiger partial charge in [-0.15, -0.1) is 0 Å². The summed E-state index contributed by atoms with van der Waals surface area (Å²) < 4.78 is 33.3. The van der Waals surface area contributed by atoms with E-state index in [1.807, 2.05) is 0 Å². The fourth-order valence-electron chi connectivity index (χ4n) is 1.50. The van der Waals surface area contributed by atoms with Crippen molar-refractivity contribution in [1.29, 1.82) is 0 Å². The van der Waals surface area contributed by atoms with Crippen LogP contribution in [0.2, 0.25) is 0 Å². The number of sulfone groups is 1. The van der Waals surface area contributed by atoms with E-state index in [0.29, 0.717) is 31.5 Å². The maximum Gasteiger partial charge on any atom is 0.152 e. The predicted octanol–water partition coefficient (Wildman–Crippen LogP) is -0.326. The Bertz CT molecular complexity index is 275. The fraction of sp³-hybridized carbons (Fsp3) is 1.00. The molecule has 0 aliphatic carbocycles. The summed E-state index contributed by atoms with van der Waals surface area (Å²) in [5, 5.41) is 3.06. The van der Waals surface area contributed by atoms with E-state index in [9.17, 15) is 8.42 Å². The Hall–Kier alpha value is -0.170. The van der Waals surface area contributed by atoms with Crippen LogP contribution >= 0.6 is 0 Å². The second-order valence-electron chi connectivity index (χ2n) is 4.10. The van der Waals surface area contributed by atoms with Gasteiger partial charge in [-0.1, -0.05) is 0 Å². The first-order chi connectivity index (χ1) is 7.64. The summed E-state index contributed by atoms with van der Waals surface area (Å²) in [6, 6.07) is 0. The van der Waals surface area contributed by atoms with E-state index in [-0.39, 0.29) is 5.75 Å². The van der Waals surface area contributed by atoms with Crippen LogP contribution in [0.25, 0.3) is 0 Å². The molecule has 1 heterocycles. The van der Waals surface area contributed by atoms with E-state index >= 15 is 0 Å². The van der Waals surface area contributed by atoms with Gasteiger partial charge >= 0.3 is 0 Å². The first kappa shape index (κ1) is 13.9. The van der Waals surface area contributed by atoms with Gasteiger partial charge in [-0.05, 0) is 12.3 Å². The Kier molecular flexibility index (Phi) is 6.26. The van der Waals surface area contributed by atoms with Crippen molar-refractivity contribution in [2.75, 3.05) is 51.5 Å². The van der Waals surface area contributed by atoms with E-state index in [2.05, 4.69) is 5.32 Å². The molecule has 1 N–H and O–H groups in total. The molecular weight excluding hydrogens is 230 g/mol. The van der Waals surface area contributed by atoms with Crippen LogP contribution in [0.3, 0.4) is 0 Å². The van der Waals surface area contributed by atoms with Crippen LogP contribution in [-0.2, 0) is 19.3 Å². The van der Waals surface area contributed by atoms with Crippen LogP contribution < -0.4 is 5.32 Å². The third-order valence-electron chi connectivity index (χ3n) is 2.53. The molecule has 5 nitrogen and oxygen atoms in total. The summed E-state index contributed by atoms with van der Waals surface area (Å²) in [6.07, 6.45) is 0.809. The summed E-state index contributed by atoms with van der Waals surface area (Å²) >= 11 is 0. The Balaban J connectivity index is 2.01. The molecule has 0 saturated carbocycles. The van der Waals surface area contributed by atoms with E-state index in [0.717, 1.165) is 19.5 Å². The summed E-state index contributed by atoms with van der Waals surface area (Å²) in [6.45, 7) is 3.17. The second-order valence-corrected chi connectivity index (χ2v) is 6.33. The molecule has 1 aliphatic heterocycles. The lowest BCUT2D eigenvalue weighted by Gasteiger charge is -2.26. The van der Waals surface area contributed by atoms with Gasteiger partial charge in [0.1, 0.15) is 0 Å². The minimum atomic E-state index is -2.93. The molecule has 0 unspecified atom stereocenters. The van der Waals surface area contributed by atoms with E-state index in [1.54, 1.807) is 7.11 Å². The molecule has 6 heteroatoms. The number of rotatable bonds is 9. The smallest absolute Gasteiger partial charge is 0.152 e. The first-order valence-corrected chi connectivity index (χ1v) is 7.44. The van der Waals surface area contributed by atoms with Gasteiger partial charge in [0.15, 0.2) is 9.84 Å². The number of methoxy groups -OCH3 is 1. The Morgan fingerprint density at radius 1 is 1.25 bits per heavy atom. The largest absolute Gasteiger partial charge is 0.385 e. The zero-order chi connectivity index (χ0) is 11.9. The minimum absolute atomic E-state index is 0.135. The lowest BCUT2D eigenvalue weighted by atomic mass is 10.1. The van der Waals surface area contributed by atoms with Crippen LogP contribution in [0.1, 0.15) is 6.42 Å². The van der Waals surface area contributed by atoms with Crippen molar-refractivity contribution in [2.45, 2.75) is 6.42 Å². The lowest BCUT2D eigenvalue weighted by molar-refractivity contribution is 0.112. The Morgan fingerprint density at radius 2 is 2.00 bits per heavy atom. The molecule has 0 aromatic heterocycles. The number of nitrogens with one attached hydrogen (secondary N) is 1. The van der Waals surface area contributed by atoms with Gasteiger partial charge in [-0.2, -0.15) is 0 Å². The molecule has 0 amide bonds. The van der Waals surface area contributed by atoms with E-state index in [4.69, 9.17) is 9.47 Å². The van der Waals surface area contributed by atoms with Crippen LogP contribution in [0.5, 0.6) is 0 Å². The van der Waals surface area contributed by atoms with Crippen molar-refractivity contribution >= 4 is 9.84 Å². The van der Waals surface area contributed by atoms with Crippen molar-refractivity contribution in [1.82, 2.24) is 5.32 Å².